The van der Waals surface area contributed by atoms with E-state index in [1.54, 1.807) is 20.2 Å². The van der Waals surface area contributed by atoms with Crippen molar-refractivity contribution in [2.75, 3.05) is 14.1 Å². The first-order valence-corrected chi connectivity index (χ1v) is 12.9. The fraction of sp³-hybridized carbons (Fsp3) is 0.367. The molecule has 0 saturated heterocycles. The van der Waals surface area contributed by atoms with Gasteiger partial charge in [0.1, 0.15) is 22.8 Å². The minimum absolute atomic E-state index is 0.0391. The number of aromatic hydroxyl groups is 1. The maximum Gasteiger partial charge on any atom is 0.255 e. The smallest absolute Gasteiger partial charge is 0.255 e. The van der Waals surface area contributed by atoms with Crippen molar-refractivity contribution in [3.8, 4) is 5.75 Å². The van der Waals surface area contributed by atoms with Crippen LogP contribution >= 0.6 is 0 Å². The van der Waals surface area contributed by atoms with Gasteiger partial charge in [-0.1, -0.05) is 35.9 Å². The number of rotatable bonds is 5. The van der Waals surface area contributed by atoms with E-state index in [4.69, 9.17) is 5.73 Å². The Kier molecular flexibility index (Phi) is 6.39. The van der Waals surface area contributed by atoms with Crippen molar-refractivity contribution in [2.45, 2.75) is 44.2 Å². The molecular weight excluding hydrogens is 500 g/mol. The lowest BCUT2D eigenvalue weighted by atomic mass is 9.58. The first kappa shape index (κ1) is 26.6. The van der Waals surface area contributed by atoms with Gasteiger partial charge in [0, 0.05) is 11.5 Å². The number of carbonyl (C=O) groups excluding carboxylic acids is 3. The zero-order chi connectivity index (χ0) is 28.4. The van der Waals surface area contributed by atoms with Crippen molar-refractivity contribution < 1.29 is 34.8 Å². The molecule has 0 aliphatic heterocycles. The average molecular weight is 533 g/mol. The first-order chi connectivity index (χ1) is 18.4. The molecule has 39 heavy (non-hydrogen) atoms. The zero-order valence-corrected chi connectivity index (χ0v) is 22.1. The molecule has 0 bridgehead atoms. The number of aryl methyl sites for hydroxylation is 3. The summed E-state index contributed by atoms with van der Waals surface area (Å²) in [7, 11) is 3.21. The average Bonchev–Trinajstić information content (AvgIpc) is 2.86. The highest BCUT2D eigenvalue weighted by Gasteiger charge is 2.63. The number of hydrogen-bond donors (Lipinski definition) is 5. The molecule has 5 rings (SSSR count). The number of nitrogens with zero attached hydrogens (tertiary/aromatic N) is 1. The summed E-state index contributed by atoms with van der Waals surface area (Å²) in [5, 5.41) is 44.6. The van der Waals surface area contributed by atoms with E-state index in [0.29, 0.717) is 12.0 Å². The molecule has 3 aliphatic rings. The number of aliphatic hydroxyl groups excluding tert-OH is 2. The fourth-order valence-corrected chi connectivity index (χ4v) is 6.58. The van der Waals surface area contributed by atoms with Crippen molar-refractivity contribution in [3.63, 3.8) is 0 Å². The number of Topliss-reactive ketones (excluding diaryl/α,β-unsaturated/α-hetero) is 2. The van der Waals surface area contributed by atoms with Gasteiger partial charge in [-0.05, 0) is 75.4 Å². The van der Waals surface area contributed by atoms with Gasteiger partial charge in [0.2, 0.25) is 5.78 Å². The van der Waals surface area contributed by atoms with E-state index in [-0.39, 0.29) is 29.7 Å². The first-order valence-electron chi connectivity index (χ1n) is 12.9. The number of nitrogens with two attached hydrogens (primary N) is 1. The molecule has 9 nitrogen and oxygen atoms in total. The van der Waals surface area contributed by atoms with E-state index < -0.39 is 58.0 Å². The van der Waals surface area contributed by atoms with Crippen LogP contribution in [0, 0.1) is 18.8 Å². The van der Waals surface area contributed by atoms with Gasteiger partial charge in [0.15, 0.2) is 11.4 Å². The number of carbonyl (C=O) groups is 3. The van der Waals surface area contributed by atoms with E-state index in [1.807, 2.05) is 19.1 Å². The Hall–Kier alpha value is -3.95. The molecule has 0 aromatic heterocycles. The van der Waals surface area contributed by atoms with Gasteiger partial charge < -0.3 is 26.2 Å². The minimum atomic E-state index is -2.64. The summed E-state index contributed by atoms with van der Waals surface area (Å²) in [5.41, 5.74) is 5.65. The Balaban J connectivity index is 1.60. The Labute approximate surface area is 225 Å². The predicted molar refractivity (Wildman–Crippen MR) is 142 cm³/mol. The molecule has 1 amide bonds. The largest absolute Gasteiger partial charge is 0.510 e. The monoisotopic (exact) mass is 532 g/mol. The Morgan fingerprint density at radius 2 is 1.72 bits per heavy atom. The number of amides is 1. The summed E-state index contributed by atoms with van der Waals surface area (Å²) >= 11 is 0. The van der Waals surface area contributed by atoms with Gasteiger partial charge in [0.25, 0.3) is 5.91 Å². The quantitative estimate of drug-likeness (QED) is 0.366. The highest BCUT2D eigenvalue weighted by atomic mass is 16.3. The second kappa shape index (κ2) is 9.36. The summed E-state index contributed by atoms with van der Waals surface area (Å²) in [4.78, 5) is 40.8. The minimum Gasteiger partial charge on any atom is -0.510 e. The van der Waals surface area contributed by atoms with Crippen molar-refractivity contribution in [3.05, 3.63) is 86.9 Å². The Bertz CT molecular complexity index is 1470. The Morgan fingerprint density at radius 3 is 2.33 bits per heavy atom. The fourth-order valence-electron chi connectivity index (χ4n) is 6.58. The zero-order valence-electron chi connectivity index (χ0n) is 22.1. The van der Waals surface area contributed by atoms with Crippen molar-refractivity contribution in [1.29, 1.82) is 0 Å². The number of primary amides is 1. The molecule has 204 valence electrons. The SMILES string of the molecule is Cc1ccc(CCc2ccc(O)c3c2C[C@H]2CC4[C@H](N(C)C)C(O)=C(C(N)=O)C(=O)[C@@]4(O)C(O)=C2C3=O)cc1. The van der Waals surface area contributed by atoms with Crippen LogP contribution in [0.2, 0.25) is 0 Å². The number of aliphatic hydroxyl groups is 3. The lowest BCUT2D eigenvalue weighted by Crippen LogP contribution is -2.63. The third-order valence-electron chi connectivity index (χ3n) is 8.51. The van der Waals surface area contributed by atoms with Gasteiger partial charge in [-0.3, -0.25) is 19.3 Å². The molecular formula is C30H32N2O7. The van der Waals surface area contributed by atoms with Crippen LogP contribution in [-0.4, -0.2) is 68.5 Å². The molecule has 0 heterocycles. The number of allylic oxidation sites excluding steroid dienone is 1. The maximum absolute atomic E-state index is 13.8. The topological polar surface area (TPSA) is 161 Å². The second-order valence-electron chi connectivity index (χ2n) is 11.0. The van der Waals surface area contributed by atoms with Crippen LogP contribution in [0.4, 0.5) is 0 Å². The molecule has 3 aliphatic carbocycles. The molecule has 2 aromatic carbocycles. The number of benzene rings is 2. The molecule has 0 radical (unpaired) electrons. The van der Waals surface area contributed by atoms with Crippen LogP contribution in [0.1, 0.15) is 39.0 Å². The van der Waals surface area contributed by atoms with E-state index in [2.05, 4.69) is 12.1 Å². The van der Waals surface area contributed by atoms with Crippen molar-refractivity contribution >= 4 is 17.5 Å². The van der Waals surface area contributed by atoms with E-state index in [1.165, 1.54) is 11.0 Å². The normalized spacial score (nSPS) is 26.4. The van der Waals surface area contributed by atoms with Gasteiger partial charge >= 0.3 is 0 Å². The Morgan fingerprint density at radius 1 is 1.05 bits per heavy atom. The van der Waals surface area contributed by atoms with E-state index >= 15 is 0 Å². The summed E-state index contributed by atoms with van der Waals surface area (Å²) in [6.07, 6.45) is 1.69. The molecule has 1 unspecified atom stereocenters. The summed E-state index contributed by atoms with van der Waals surface area (Å²) < 4.78 is 0. The van der Waals surface area contributed by atoms with Gasteiger partial charge in [-0.25, -0.2) is 0 Å². The van der Waals surface area contributed by atoms with Crippen molar-refractivity contribution in [1.82, 2.24) is 4.90 Å². The van der Waals surface area contributed by atoms with Gasteiger partial charge in [-0.2, -0.15) is 0 Å². The predicted octanol–water partition coefficient (Wildman–Crippen LogP) is 2.21. The summed E-state index contributed by atoms with van der Waals surface area (Å²) in [6.45, 7) is 2.02. The lowest BCUT2D eigenvalue weighted by Gasteiger charge is -2.50. The summed E-state index contributed by atoms with van der Waals surface area (Å²) in [6, 6.07) is 10.4. The molecule has 4 atom stereocenters. The third-order valence-corrected chi connectivity index (χ3v) is 8.51. The molecule has 0 spiro atoms. The third kappa shape index (κ3) is 3.95. The van der Waals surface area contributed by atoms with Crippen LogP contribution in [-0.2, 0) is 28.9 Å². The van der Waals surface area contributed by atoms with Crippen LogP contribution in [0.15, 0.2) is 59.1 Å². The summed E-state index contributed by atoms with van der Waals surface area (Å²) in [5.74, 6) is -6.48. The van der Waals surface area contributed by atoms with E-state index in [9.17, 15) is 34.8 Å². The highest BCUT2D eigenvalue weighted by molar-refractivity contribution is 6.24. The lowest BCUT2D eigenvalue weighted by molar-refractivity contribution is -0.148. The number of ketones is 2. The number of phenols is 1. The van der Waals surface area contributed by atoms with Crippen LogP contribution < -0.4 is 5.73 Å². The molecule has 0 saturated carbocycles. The van der Waals surface area contributed by atoms with Crippen LogP contribution in [0.3, 0.4) is 0 Å². The van der Waals surface area contributed by atoms with Gasteiger partial charge in [-0.15, -0.1) is 0 Å². The highest BCUT2D eigenvalue weighted by Crippen LogP contribution is 2.52. The number of hydrogen-bond acceptors (Lipinski definition) is 8. The molecule has 9 heteroatoms. The maximum atomic E-state index is 13.8. The van der Waals surface area contributed by atoms with E-state index in [0.717, 1.165) is 23.1 Å². The number of fused-ring (bicyclic) bond motifs is 3. The standard InChI is InChI=1S/C30H32N2O7/c1-14-4-6-15(7-5-14)8-9-16-10-11-20(33)22-18(16)12-17-13-19-24(32(2)3)26(35)23(29(31)38)28(37)30(19,39)27(36)21(17)25(22)34/h4-7,10-11,17,19,24,33,35-36,39H,8-9,12-13H2,1-3H3,(H2,31,38)/t17-,19?,24-,30-/m0/s1. The molecule has 2 aromatic rings. The van der Waals surface area contributed by atoms with Crippen molar-refractivity contribution in [2.24, 2.45) is 17.6 Å². The van der Waals surface area contributed by atoms with Gasteiger partial charge in [0.05, 0.1) is 11.6 Å². The van der Waals surface area contributed by atoms with Crippen LogP contribution in [0.5, 0.6) is 5.75 Å². The number of likely N-dealkylation sites (N-methyl/N-ethyl adjacent to an activating group) is 1. The molecule has 0 fully saturated rings. The van der Waals surface area contributed by atoms with Crippen LogP contribution in [0.25, 0.3) is 0 Å². The number of phenolic OH excluding ortho intramolecular Hbond substituents is 1. The molecule has 6 N–H and O–H groups in total. The second-order valence-corrected chi connectivity index (χ2v) is 11.0.